The molecule has 0 radical (unpaired) electrons. The molecule has 0 aliphatic rings. The van der Waals surface area contributed by atoms with E-state index in [1.807, 2.05) is 48.4 Å². The molecule has 0 unspecified atom stereocenters. The van der Waals surface area contributed by atoms with Crippen LogP contribution in [-0.4, -0.2) is 24.3 Å². The van der Waals surface area contributed by atoms with E-state index in [1.54, 1.807) is 0 Å². The molecule has 0 fully saturated rings. The van der Waals surface area contributed by atoms with Gasteiger partial charge in [-0.3, -0.25) is 9.67 Å². The number of hydrogen-bond acceptors (Lipinski definition) is 3. The maximum absolute atomic E-state index is 6.08. The Bertz CT molecular complexity index is 622. The molecule has 0 aliphatic heterocycles. The summed E-state index contributed by atoms with van der Waals surface area (Å²) in [6.07, 6.45) is 4.57. The number of aryl methyl sites for hydroxylation is 2. The van der Waals surface area contributed by atoms with Gasteiger partial charge in [0.25, 0.3) is 0 Å². The van der Waals surface area contributed by atoms with Gasteiger partial charge in [0.1, 0.15) is 11.4 Å². The Kier molecular flexibility index (Phi) is 4.62. The van der Waals surface area contributed by atoms with E-state index in [1.165, 1.54) is 11.3 Å². The summed E-state index contributed by atoms with van der Waals surface area (Å²) in [6.45, 7) is 8.59. The van der Waals surface area contributed by atoms with Crippen molar-refractivity contribution in [3.63, 3.8) is 0 Å². The summed E-state index contributed by atoms with van der Waals surface area (Å²) in [5.74, 6) is 0.870. The van der Waals surface area contributed by atoms with E-state index >= 15 is 0 Å². The van der Waals surface area contributed by atoms with Crippen molar-refractivity contribution >= 4 is 20.2 Å². The highest BCUT2D eigenvalue weighted by molar-refractivity contribution is 6.70. The van der Waals surface area contributed by atoms with Crippen LogP contribution in [0.2, 0.25) is 19.6 Å². The summed E-state index contributed by atoms with van der Waals surface area (Å²) in [7, 11) is 0.329. The molecule has 5 heteroatoms. The van der Waals surface area contributed by atoms with Gasteiger partial charge in [0.05, 0.1) is 6.20 Å². The molecule has 1 aromatic carbocycles. The van der Waals surface area contributed by atoms with Gasteiger partial charge in [-0.05, 0) is 44.3 Å². The summed E-state index contributed by atoms with van der Waals surface area (Å²) in [5.41, 5.74) is 3.26. The highest BCUT2D eigenvalue weighted by Crippen LogP contribution is 2.29. The third kappa shape index (κ3) is 4.29. The van der Waals surface area contributed by atoms with Gasteiger partial charge in [0, 0.05) is 25.4 Å². The largest absolute Gasteiger partial charge is 0.543 e. The van der Waals surface area contributed by atoms with Crippen molar-refractivity contribution in [3.8, 4) is 5.75 Å². The molecule has 0 saturated carbocycles. The Morgan fingerprint density at radius 1 is 1.29 bits per heavy atom. The van der Waals surface area contributed by atoms with Crippen LogP contribution in [0.15, 0.2) is 35.5 Å². The van der Waals surface area contributed by atoms with Crippen molar-refractivity contribution < 1.29 is 4.43 Å². The number of aliphatic imine (C=N–C) groups is 1. The molecule has 2 aromatic rings. The van der Waals surface area contributed by atoms with Crippen LogP contribution < -0.4 is 4.43 Å². The van der Waals surface area contributed by atoms with Crippen LogP contribution in [0, 0.1) is 6.92 Å². The number of hydrogen-bond donors (Lipinski definition) is 0. The second kappa shape index (κ2) is 6.26. The second-order valence-corrected chi connectivity index (χ2v) is 10.5. The summed E-state index contributed by atoms with van der Waals surface area (Å²) < 4.78 is 7.97. The lowest BCUT2D eigenvalue weighted by Gasteiger charge is -2.20. The molecule has 0 N–H and O–H groups in total. The van der Waals surface area contributed by atoms with Crippen LogP contribution in [0.25, 0.3) is 0 Å². The van der Waals surface area contributed by atoms with E-state index < -0.39 is 8.32 Å². The summed E-state index contributed by atoms with van der Waals surface area (Å²) in [6, 6.07) is 7.95. The van der Waals surface area contributed by atoms with E-state index in [2.05, 4.69) is 36.7 Å². The zero-order valence-electron chi connectivity index (χ0n) is 13.4. The van der Waals surface area contributed by atoms with Gasteiger partial charge in [-0.25, -0.2) is 0 Å². The molecule has 0 aliphatic carbocycles. The number of para-hydroxylation sites is 2. The van der Waals surface area contributed by atoms with Gasteiger partial charge >= 0.3 is 0 Å². The van der Waals surface area contributed by atoms with Gasteiger partial charge in [0.15, 0.2) is 0 Å². The van der Waals surface area contributed by atoms with E-state index in [0.29, 0.717) is 0 Å². The zero-order chi connectivity index (χ0) is 15.5. The van der Waals surface area contributed by atoms with Gasteiger partial charge < -0.3 is 4.43 Å². The minimum Gasteiger partial charge on any atom is -0.543 e. The maximum Gasteiger partial charge on any atom is 0.242 e. The molecule has 4 nitrogen and oxygen atoms in total. The average molecular weight is 301 g/mol. The molecular weight excluding hydrogens is 278 g/mol. The Morgan fingerprint density at radius 3 is 2.62 bits per heavy atom. The topological polar surface area (TPSA) is 39.4 Å². The van der Waals surface area contributed by atoms with E-state index in [0.717, 1.165) is 17.9 Å². The quantitative estimate of drug-likeness (QED) is 0.621. The lowest BCUT2D eigenvalue weighted by molar-refractivity contribution is 0.559. The number of nitrogens with zero attached hydrogens (tertiary/aromatic N) is 3. The van der Waals surface area contributed by atoms with Crippen LogP contribution >= 0.6 is 0 Å². The monoisotopic (exact) mass is 301 g/mol. The molecule has 1 aromatic heterocycles. The summed E-state index contributed by atoms with van der Waals surface area (Å²) in [5, 5.41) is 4.24. The zero-order valence-corrected chi connectivity index (χ0v) is 14.4. The van der Waals surface area contributed by atoms with Crippen molar-refractivity contribution in [3.05, 3.63) is 41.7 Å². The van der Waals surface area contributed by atoms with E-state index in [-0.39, 0.29) is 0 Å². The van der Waals surface area contributed by atoms with E-state index in [4.69, 9.17) is 4.43 Å². The molecule has 0 bridgehead atoms. The lowest BCUT2D eigenvalue weighted by Crippen LogP contribution is -2.29. The molecule has 0 atom stereocenters. The molecule has 0 amide bonds. The second-order valence-electron chi connectivity index (χ2n) is 6.10. The van der Waals surface area contributed by atoms with Gasteiger partial charge in [-0.1, -0.05) is 12.1 Å². The lowest BCUT2D eigenvalue weighted by atomic mass is 10.2. The Hall–Kier alpha value is -1.88. The van der Waals surface area contributed by atoms with Crippen molar-refractivity contribution in [2.75, 3.05) is 0 Å². The third-order valence-corrected chi connectivity index (χ3v) is 3.90. The van der Waals surface area contributed by atoms with Crippen LogP contribution in [0.3, 0.4) is 0 Å². The average Bonchev–Trinajstić information content (AvgIpc) is 2.70. The van der Waals surface area contributed by atoms with Crippen molar-refractivity contribution in [1.29, 1.82) is 0 Å². The van der Waals surface area contributed by atoms with Crippen molar-refractivity contribution in [1.82, 2.24) is 9.78 Å². The molecule has 21 heavy (non-hydrogen) atoms. The molecule has 0 saturated heterocycles. The smallest absolute Gasteiger partial charge is 0.242 e. The van der Waals surface area contributed by atoms with Gasteiger partial charge in [-0.2, -0.15) is 5.10 Å². The maximum atomic E-state index is 6.08. The Labute approximate surface area is 127 Å². The molecule has 2 rings (SSSR count). The van der Waals surface area contributed by atoms with Gasteiger partial charge in [-0.15, -0.1) is 0 Å². The molecule has 112 valence electrons. The fourth-order valence-electron chi connectivity index (χ4n) is 2.08. The first-order valence-electron chi connectivity index (χ1n) is 7.15. The van der Waals surface area contributed by atoms with E-state index in [9.17, 15) is 0 Å². The molecular formula is C16H23N3OSi. The standard InChI is InChI=1S/C16H23N3OSi/c1-13-12-18-19(2)15(13)10-11-17-14-8-6-7-9-16(14)20-21(3,4)5/h6-9,11-12H,10H2,1-5H3. The first-order chi connectivity index (χ1) is 9.87. The SMILES string of the molecule is Cc1cnn(C)c1CC=Nc1ccccc1O[Si](C)(C)C. The minimum atomic E-state index is -1.63. The molecule has 0 spiro atoms. The number of rotatable bonds is 5. The predicted octanol–water partition coefficient (Wildman–Crippen LogP) is 3.89. The Balaban J connectivity index is 2.14. The Morgan fingerprint density at radius 2 is 2.00 bits per heavy atom. The molecule has 1 heterocycles. The van der Waals surface area contributed by atoms with Crippen molar-refractivity contribution in [2.45, 2.75) is 33.0 Å². The number of aromatic nitrogens is 2. The fourth-order valence-corrected chi connectivity index (χ4v) is 2.91. The fraction of sp³-hybridized carbons (Fsp3) is 0.375. The number of benzene rings is 1. The highest BCUT2D eigenvalue weighted by Gasteiger charge is 2.17. The minimum absolute atomic E-state index is 0.767. The normalized spacial score (nSPS) is 12.0. The van der Waals surface area contributed by atoms with Crippen LogP contribution in [0.4, 0.5) is 5.69 Å². The van der Waals surface area contributed by atoms with Crippen LogP contribution in [-0.2, 0) is 13.5 Å². The summed E-state index contributed by atoms with van der Waals surface area (Å²) in [4.78, 5) is 4.58. The first kappa shape index (κ1) is 15.5. The van der Waals surface area contributed by atoms with Crippen LogP contribution in [0.1, 0.15) is 11.3 Å². The van der Waals surface area contributed by atoms with Crippen LogP contribution in [0.5, 0.6) is 5.75 Å². The first-order valence-corrected chi connectivity index (χ1v) is 10.6. The van der Waals surface area contributed by atoms with Gasteiger partial charge in [0.2, 0.25) is 8.32 Å². The van der Waals surface area contributed by atoms with Crippen molar-refractivity contribution in [2.24, 2.45) is 12.0 Å². The third-order valence-electron chi connectivity index (χ3n) is 3.07. The highest BCUT2D eigenvalue weighted by atomic mass is 28.4. The summed E-state index contributed by atoms with van der Waals surface area (Å²) >= 11 is 0. The predicted molar refractivity (Wildman–Crippen MR) is 90.2 cm³/mol.